The van der Waals surface area contributed by atoms with Gasteiger partial charge in [-0.05, 0) is 11.6 Å². The number of benzene rings is 2. The van der Waals surface area contributed by atoms with Gasteiger partial charge in [0.2, 0.25) is 0 Å². The SMILES string of the molecule is COc1c[c]c([N+](=O)[O-])cc1OCc1ccccc1. The van der Waals surface area contributed by atoms with Gasteiger partial charge >= 0.3 is 0 Å². The smallest absolute Gasteiger partial charge is 0.281 e. The Morgan fingerprint density at radius 2 is 2.00 bits per heavy atom. The summed E-state index contributed by atoms with van der Waals surface area (Å²) < 4.78 is 10.6. The number of rotatable bonds is 5. The normalized spacial score (nSPS) is 9.95. The third-order valence-corrected chi connectivity index (χ3v) is 2.52. The summed E-state index contributed by atoms with van der Waals surface area (Å²) in [7, 11) is 1.48. The largest absolute Gasteiger partial charge is 0.493 e. The summed E-state index contributed by atoms with van der Waals surface area (Å²) in [5.74, 6) is 0.748. The number of non-ortho nitro benzene ring substituents is 1. The summed E-state index contributed by atoms with van der Waals surface area (Å²) in [4.78, 5) is 10.2. The van der Waals surface area contributed by atoms with Crippen LogP contribution >= 0.6 is 0 Å². The molecule has 0 fully saturated rings. The van der Waals surface area contributed by atoms with E-state index in [0.717, 1.165) is 5.56 Å². The zero-order valence-corrected chi connectivity index (χ0v) is 10.3. The Morgan fingerprint density at radius 1 is 1.26 bits per heavy atom. The van der Waals surface area contributed by atoms with Crippen molar-refractivity contribution in [2.45, 2.75) is 6.61 Å². The fourth-order valence-corrected chi connectivity index (χ4v) is 1.56. The predicted molar refractivity (Wildman–Crippen MR) is 69.3 cm³/mol. The van der Waals surface area contributed by atoms with E-state index in [2.05, 4.69) is 6.07 Å². The molecule has 0 unspecified atom stereocenters. The second-order valence-corrected chi connectivity index (χ2v) is 3.78. The van der Waals surface area contributed by atoms with Gasteiger partial charge in [-0.3, -0.25) is 10.1 Å². The lowest BCUT2D eigenvalue weighted by molar-refractivity contribution is -0.385. The zero-order chi connectivity index (χ0) is 13.7. The molecule has 2 aromatic rings. The lowest BCUT2D eigenvalue weighted by atomic mass is 10.2. The van der Waals surface area contributed by atoms with Crippen molar-refractivity contribution < 1.29 is 14.4 Å². The average molecular weight is 258 g/mol. The molecular formula is C14H12NO4. The molecule has 0 atom stereocenters. The maximum atomic E-state index is 10.7. The molecule has 0 aliphatic carbocycles. The van der Waals surface area contributed by atoms with Crippen LogP contribution in [0.1, 0.15) is 5.56 Å². The first-order chi connectivity index (χ1) is 9.20. The molecule has 0 aliphatic heterocycles. The van der Waals surface area contributed by atoms with E-state index in [1.807, 2.05) is 30.3 Å². The molecule has 0 saturated heterocycles. The molecule has 0 bridgehead atoms. The van der Waals surface area contributed by atoms with Gasteiger partial charge in [-0.25, -0.2) is 0 Å². The second-order valence-electron chi connectivity index (χ2n) is 3.78. The monoisotopic (exact) mass is 258 g/mol. The van der Waals surface area contributed by atoms with Gasteiger partial charge in [0.05, 0.1) is 24.2 Å². The van der Waals surface area contributed by atoms with E-state index >= 15 is 0 Å². The summed E-state index contributed by atoms with van der Waals surface area (Å²) in [6, 6.07) is 14.8. The molecule has 2 rings (SSSR count). The highest BCUT2D eigenvalue weighted by Crippen LogP contribution is 2.31. The van der Waals surface area contributed by atoms with Crippen LogP contribution in [0.15, 0.2) is 42.5 Å². The minimum absolute atomic E-state index is 0.149. The van der Waals surface area contributed by atoms with Crippen LogP contribution in [0.5, 0.6) is 11.5 Å². The minimum Gasteiger partial charge on any atom is -0.493 e. The summed E-state index contributed by atoms with van der Waals surface area (Å²) >= 11 is 0. The van der Waals surface area contributed by atoms with Gasteiger partial charge in [-0.2, -0.15) is 0 Å². The zero-order valence-electron chi connectivity index (χ0n) is 10.3. The molecule has 0 heterocycles. The first kappa shape index (κ1) is 12.9. The Bertz CT molecular complexity index is 569. The molecule has 5 nitrogen and oxygen atoms in total. The molecule has 0 amide bonds. The molecule has 5 heteroatoms. The van der Waals surface area contributed by atoms with Crippen LogP contribution in [0.25, 0.3) is 0 Å². The maximum absolute atomic E-state index is 10.7. The predicted octanol–water partition coefficient (Wildman–Crippen LogP) is 2.98. The Hall–Kier alpha value is -2.56. The van der Waals surface area contributed by atoms with Crippen LogP contribution in [0.3, 0.4) is 0 Å². The van der Waals surface area contributed by atoms with E-state index in [-0.39, 0.29) is 5.69 Å². The van der Waals surface area contributed by atoms with Crippen molar-refractivity contribution in [1.29, 1.82) is 0 Å². The minimum atomic E-state index is -0.519. The summed E-state index contributed by atoms with van der Waals surface area (Å²) in [5.41, 5.74) is 0.823. The maximum Gasteiger partial charge on any atom is 0.281 e. The van der Waals surface area contributed by atoms with Crippen molar-refractivity contribution in [3.63, 3.8) is 0 Å². The standard InChI is InChI=1S/C14H12NO4/c1-18-13-8-7-12(15(16)17)9-14(13)19-10-11-5-3-2-4-6-11/h2-6,8-9H,10H2,1H3. The highest BCUT2D eigenvalue weighted by atomic mass is 16.6. The van der Waals surface area contributed by atoms with Crippen LogP contribution < -0.4 is 9.47 Å². The Balaban J connectivity index is 2.18. The van der Waals surface area contributed by atoms with Crippen molar-refractivity contribution in [2.75, 3.05) is 7.11 Å². The first-order valence-electron chi connectivity index (χ1n) is 5.61. The molecule has 0 saturated carbocycles. The molecule has 2 aromatic carbocycles. The highest BCUT2D eigenvalue weighted by molar-refractivity contribution is 5.47. The van der Waals surface area contributed by atoms with Gasteiger partial charge in [0, 0.05) is 0 Å². The lowest BCUT2D eigenvalue weighted by Crippen LogP contribution is -1.98. The van der Waals surface area contributed by atoms with Crippen LogP contribution in [0, 0.1) is 16.2 Å². The second kappa shape index (κ2) is 5.86. The van der Waals surface area contributed by atoms with Crippen molar-refractivity contribution in [1.82, 2.24) is 0 Å². The number of nitro benzene ring substituents is 1. The van der Waals surface area contributed by atoms with Gasteiger partial charge in [0.1, 0.15) is 6.61 Å². The van der Waals surface area contributed by atoms with Crippen LogP contribution in [0.4, 0.5) is 5.69 Å². The number of nitrogens with zero attached hydrogens (tertiary/aromatic N) is 1. The number of hydrogen-bond acceptors (Lipinski definition) is 4. The molecule has 0 aromatic heterocycles. The van der Waals surface area contributed by atoms with Gasteiger partial charge in [0.25, 0.3) is 5.69 Å². The van der Waals surface area contributed by atoms with Crippen LogP contribution in [-0.4, -0.2) is 12.0 Å². The van der Waals surface area contributed by atoms with E-state index in [1.165, 1.54) is 19.2 Å². The number of nitro groups is 1. The van der Waals surface area contributed by atoms with Gasteiger partial charge in [-0.15, -0.1) is 0 Å². The van der Waals surface area contributed by atoms with Gasteiger partial charge in [-0.1, -0.05) is 30.3 Å². The van der Waals surface area contributed by atoms with E-state index in [1.54, 1.807) is 0 Å². The summed E-state index contributed by atoms with van der Waals surface area (Å²) in [6.07, 6.45) is 0. The molecule has 0 aliphatic rings. The number of hydrogen-bond donors (Lipinski definition) is 0. The van der Waals surface area contributed by atoms with Gasteiger partial charge < -0.3 is 9.47 Å². The van der Waals surface area contributed by atoms with Crippen LogP contribution in [0.2, 0.25) is 0 Å². The molecule has 97 valence electrons. The van der Waals surface area contributed by atoms with Crippen molar-refractivity contribution in [3.8, 4) is 11.5 Å². The fraction of sp³-hybridized carbons (Fsp3) is 0.143. The van der Waals surface area contributed by atoms with E-state index in [9.17, 15) is 10.1 Å². The third-order valence-electron chi connectivity index (χ3n) is 2.52. The highest BCUT2D eigenvalue weighted by Gasteiger charge is 2.13. The number of methoxy groups -OCH3 is 1. The summed E-state index contributed by atoms with van der Waals surface area (Å²) in [6.45, 7) is 0.318. The Morgan fingerprint density at radius 3 is 2.63 bits per heavy atom. The fourth-order valence-electron chi connectivity index (χ4n) is 1.56. The summed E-state index contributed by atoms with van der Waals surface area (Å²) in [5, 5.41) is 10.7. The topological polar surface area (TPSA) is 61.6 Å². The van der Waals surface area contributed by atoms with E-state index in [0.29, 0.717) is 18.1 Å². The number of ether oxygens (including phenoxy) is 2. The molecule has 1 radical (unpaired) electrons. The molecule has 19 heavy (non-hydrogen) atoms. The van der Waals surface area contributed by atoms with Crippen molar-refractivity contribution in [2.24, 2.45) is 0 Å². The average Bonchev–Trinajstić information content (AvgIpc) is 2.45. The molecule has 0 N–H and O–H groups in total. The lowest BCUT2D eigenvalue weighted by Gasteiger charge is -2.10. The van der Waals surface area contributed by atoms with E-state index in [4.69, 9.17) is 9.47 Å². The quantitative estimate of drug-likeness (QED) is 0.611. The van der Waals surface area contributed by atoms with Crippen molar-refractivity contribution >= 4 is 5.69 Å². The Kier molecular flexibility index (Phi) is 3.97. The molecular weight excluding hydrogens is 246 g/mol. The van der Waals surface area contributed by atoms with Crippen LogP contribution in [-0.2, 0) is 6.61 Å². The van der Waals surface area contributed by atoms with Gasteiger partial charge in [0.15, 0.2) is 11.5 Å². The van der Waals surface area contributed by atoms with E-state index < -0.39 is 4.92 Å². The van der Waals surface area contributed by atoms with Crippen molar-refractivity contribution in [3.05, 3.63) is 64.2 Å². The first-order valence-corrected chi connectivity index (χ1v) is 5.61. The molecule has 0 spiro atoms. The third kappa shape index (κ3) is 3.22. The Labute approximate surface area is 110 Å².